The Bertz CT molecular complexity index is 696. The molecule has 0 nitrogen and oxygen atoms in total. The van der Waals surface area contributed by atoms with Crippen molar-refractivity contribution in [2.24, 2.45) is 5.92 Å². The summed E-state index contributed by atoms with van der Waals surface area (Å²) in [6, 6.07) is 12.1. The van der Waals surface area contributed by atoms with Gasteiger partial charge in [-0.1, -0.05) is 36.4 Å². The summed E-state index contributed by atoms with van der Waals surface area (Å²) >= 11 is 0. The maximum absolute atomic E-state index is 13.4. The molecule has 0 N–H and O–H groups in total. The predicted octanol–water partition coefficient (Wildman–Crippen LogP) is 6.78. The molecule has 0 aromatic heterocycles. The minimum atomic E-state index is -0.824. The van der Waals surface area contributed by atoms with Gasteiger partial charge in [0.05, 0.1) is 6.33 Å². The second kappa shape index (κ2) is 7.69. The lowest BCUT2D eigenvalue weighted by Crippen LogP contribution is -2.12. The zero-order valence-corrected chi connectivity index (χ0v) is 13.5. The van der Waals surface area contributed by atoms with E-state index < -0.39 is 11.6 Å². The van der Waals surface area contributed by atoms with Gasteiger partial charge < -0.3 is 0 Å². The van der Waals surface area contributed by atoms with E-state index in [1.165, 1.54) is 11.6 Å². The van der Waals surface area contributed by atoms with Crippen LogP contribution in [0.25, 0.3) is 11.1 Å². The molecule has 0 amide bonds. The van der Waals surface area contributed by atoms with E-state index in [0.717, 1.165) is 43.7 Å². The Balaban J connectivity index is 1.66. The van der Waals surface area contributed by atoms with Crippen molar-refractivity contribution in [2.75, 3.05) is 0 Å². The fourth-order valence-electron chi connectivity index (χ4n) is 3.60. The maximum Gasteiger partial charge on any atom is 0.159 e. The third-order valence-electron chi connectivity index (χ3n) is 5.04. The fraction of sp³-hybridized carbons (Fsp3) is 0.333. The van der Waals surface area contributed by atoms with E-state index in [1.807, 2.05) is 12.1 Å². The van der Waals surface area contributed by atoms with Crippen molar-refractivity contribution in [3.05, 3.63) is 72.1 Å². The third-order valence-corrected chi connectivity index (χ3v) is 5.04. The average molecular weight is 330 g/mol. The van der Waals surface area contributed by atoms with Gasteiger partial charge in [0.1, 0.15) is 0 Å². The van der Waals surface area contributed by atoms with E-state index in [4.69, 9.17) is 0 Å². The van der Waals surface area contributed by atoms with Gasteiger partial charge in [-0.15, -0.1) is 0 Å². The summed E-state index contributed by atoms with van der Waals surface area (Å²) in [6.07, 6.45) is 7.58. The maximum atomic E-state index is 13.4. The molecular formula is C21H21F3. The number of halogens is 3. The van der Waals surface area contributed by atoms with Crippen LogP contribution in [-0.4, -0.2) is 0 Å². The first-order chi connectivity index (χ1) is 11.7. The van der Waals surface area contributed by atoms with Crippen LogP contribution in [0, 0.1) is 17.6 Å². The number of rotatable bonds is 4. The van der Waals surface area contributed by atoms with Gasteiger partial charge in [0.25, 0.3) is 0 Å². The van der Waals surface area contributed by atoms with Crippen molar-refractivity contribution in [1.82, 2.24) is 0 Å². The molecule has 0 aliphatic heterocycles. The molecule has 0 bridgehead atoms. The molecule has 3 rings (SSSR count). The Morgan fingerprint density at radius 1 is 0.833 bits per heavy atom. The second-order valence-electron chi connectivity index (χ2n) is 6.57. The van der Waals surface area contributed by atoms with Crippen LogP contribution in [0.5, 0.6) is 0 Å². The molecule has 3 heteroatoms. The molecule has 0 saturated heterocycles. The molecule has 0 radical (unpaired) electrons. The molecule has 0 atom stereocenters. The summed E-state index contributed by atoms with van der Waals surface area (Å²) < 4.78 is 38.5. The molecule has 2 aromatic carbocycles. The van der Waals surface area contributed by atoms with Gasteiger partial charge in [-0.2, -0.15) is 0 Å². The van der Waals surface area contributed by atoms with Crippen molar-refractivity contribution in [3.8, 4) is 11.1 Å². The van der Waals surface area contributed by atoms with Crippen LogP contribution < -0.4 is 0 Å². The zero-order chi connectivity index (χ0) is 16.9. The molecule has 1 aliphatic carbocycles. The van der Waals surface area contributed by atoms with Crippen LogP contribution in [0.1, 0.15) is 43.6 Å². The smallest absolute Gasteiger partial charge is 0.159 e. The van der Waals surface area contributed by atoms with Gasteiger partial charge in [0.2, 0.25) is 0 Å². The molecule has 1 aliphatic rings. The van der Waals surface area contributed by atoms with E-state index in [1.54, 1.807) is 12.1 Å². The highest BCUT2D eigenvalue weighted by Crippen LogP contribution is 2.37. The predicted molar refractivity (Wildman–Crippen MR) is 91.4 cm³/mol. The first-order valence-corrected chi connectivity index (χ1v) is 8.48. The van der Waals surface area contributed by atoms with Crippen LogP contribution in [0.2, 0.25) is 0 Å². The Kier molecular flexibility index (Phi) is 5.39. The van der Waals surface area contributed by atoms with Crippen LogP contribution >= 0.6 is 0 Å². The third kappa shape index (κ3) is 3.89. The lowest BCUT2D eigenvalue weighted by atomic mass is 9.77. The van der Waals surface area contributed by atoms with Crippen LogP contribution in [0.4, 0.5) is 13.2 Å². The quantitative estimate of drug-likeness (QED) is 0.579. The zero-order valence-electron chi connectivity index (χ0n) is 13.5. The number of hydrogen-bond acceptors (Lipinski definition) is 0. The van der Waals surface area contributed by atoms with E-state index in [2.05, 4.69) is 12.1 Å². The van der Waals surface area contributed by atoms with Crippen molar-refractivity contribution in [3.63, 3.8) is 0 Å². The first kappa shape index (κ1) is 16.8. The molecule has 0 unspecified atom stereocenters. The van der Waals surface area contributed by atoms with E-state index in [0.29, 0.717) is 23.7 Å². The Hall–Kier alpha value is -2.03. The monoisotopic (exact) mass is 330 g/mol. The van der Waals surface area contributed by atoms with Gasteiger partial charge in [-0.05, 0) is 72.8 Å². The Morgan fingerprint density at radius 2 is 1.50 bits per heavy atom. The van der Waals surface area contributed by atoms with Gasteiger partial charge in [0, 0.05) is 0 Å². The highest BCUT2D eigenvalue weighted by Gasteiger charge is 2.21. The highest BCUT2D eigenvalue weighted by molar-refractivity contribution is 5.63. The van der Waals surface area contributed by atoms with Crippen molar-refractivity contribution < 1.29 is 13.2 Å². The van der Waals surface area contributed by atoms with Crippen molar-refractivity contribution >= 4 is 0 Å². The van der Waals surface area contributed by atoms with Crippen LogP contribution in [0.15, 0.2) is 54.9 Å². The second-order valence-corrected chi connectivity index (χ2v) is 6.57. The minimum Gasteiger partial charge on any atom is -0.216 e. The number of allylic oxidation sites excluding steroid dienone is 1. The summed E-state index contributed by atoms with van der Waals surface area (Å²) in [5.74, 6) is -0.517. The molecule has 24 heavy (non-hydrogen) atoms. The normalized spacial score (nSPS) is 21.3. The molecule has 0 heterocycles. The topological polar surface area (TPSA) is 0 Å². The first-order valence-electron chi connectivity index (χ1n) is 8.48. The van der Waals surface area contributed by atoms with Crippen LogP contribution in [0.3, 0.4) is 0 Å². The van der Waals surface area contributed by atoms with Gasteiger partial charge >= 0.3 is 0 Å². The number of benzene rings is 2. The summed E-state index contributed by atoms with van der Waals surface area (Å²) in [6.45, 7) is 0. The van der Waals surface area contributed by atoms with E-state index >= 15 is 0 Å². The van der Waals surface area contributed by atoms with Crippen molar-refractivity contribution in [1.29, 1.82) is 0 Å². The largest absolute Gasteiger partial charge is 0.216 e. The summed E-state index contributed by atoms with van der Waals surface area (Å²) in [5.41, 5.74) is 2.86. The Labute approximate surface area is 141 Å². The molecule has 1 saturated carbocycles. The molecule has 126 valence electrons. The summed E-state index contributed by atoms with van der Waals surface area (Å²) in [5, 5.41) is 0. The van der Waals surface area contributed by atoms with Gasteiger partial charge in [-0.25, -0.2) is 13.2 Å². The standard InChI is InChI=1S/C21H21F3/c22-13-1-2-15-3-5-16(6-4-15)17-7-9-18(10-8-17)19-11-12-20(23)21(24)14-19/h1,7-16H,2-6H2. The molecule has 1 fully saturated rings. The SMILES string of the molecule is FC=CCC1CCC(c2ccc(-c3ccc(F)c(F)c3)cc2)CC1. The van der Waals surface area contributed by atoms with Gasteiger partial charge in [-0.3, -0.25) is 0 Å². The summed E-state index contributed by atoms with van der Waals surface area (Å²) in [4.78, 5) is 0. The average Bonchev–Trinajstić information content (AvgIpc) is 2.63. The van der Waals surface area contributed by atoms with E-state index in [-0.39, 0.29) is 0 Å². The summed E-state index contributed by atoms with van der Waals surface area (Å²) in [7, 11) is 0. The Morgan fingerprint density at radius 3 is 2.12 bits per heavy atom. The molecule has 0 spiro atoms. The molecular weight excluding hydrogens is 309 g/mol. The minimum absolute atomic E-state index is 0.537. The molecule has 2 aromatic rings. The van der Waals surface area contributed by atoms with Crippen molar-refractivity contribution in [2.45, 2.75) is 38.0 Å². The lowest BCUT2D eigenvalue weighted by Gasteiger charge is -2.28. The highest BCUT2D eigenvalue weighted by atomic mass is 19.2. The van der Waals surface area contributed by atoms with E-state index in [9.17, 15) is 13.2 Å². The van der Waals surface area contributed by atoms with Gasteiger partial charge in [0.15, 0.2) is 11.6 Å². The lowest BCUT2D eigenvalue weighted by molar-refractivity contribution is 0.327. The number of hydrogen-bond donors (Lipinski definition) is 0. The van der Waals surface area contributed by atoms with Crippen LogP contribution in [-0.2, 0) is 0 Å². The fourth-order valence-corrected chi connectivity index (χ4v) is 3.60.